The normalized spacial score (nSPS) is 11.5. The quantitative estimate of drug-likeness (QED) is 0.762. The van der Waals surface area contributed by atoms with Crippen molar-refractivity contribution in [2.75, 3.05) is 7.11 Å². The number of carbonyl (C=O) groups is 1. The first kappa shape index (κ1) is 13.2. The van der Waals surface area contributed by atoms with Gasteiger partial charge in [0.1, 0.15) is 6.04 Å². The van der Waals surface area contributed by atoms with Crippen molar-refractivity contribution in [2.45, 2.75) is 19.4 Å². The molecule has 1 atom stereocenters. The molecule has 3 N–H and O–H groups in total. The number of aromatic nitrogens is 2. The van der Waals surface area contributed by atoms with E-state index in [2.05, 4.69) is 14.9 Å². The van der Waals surface area contributed by atoms with E-state index in [4.69, 9.17) is 5.73 Å². The van der Waals surface area contributed by atoms with Crippen LogP contribution in [0.1, 0.15) is 11.1 Å². The number of rotatable bonds is 3. The summed E-state index contributed by atoms with van der Waals surface area (Å²) in [4.78, 5) is 11.2. The number of nitrogens with one attached hydrogen (secondary N) is 1. The first-order valence-electron chi connectivity index (χ1n) is 5.29. The number of carbonyl (C=O) groups excluding carboxylic acids is 1. The molecule has 0 amide bonds. The monoisotopic (exact) mass is 235 g/mol. The third-order valence-electron chi connectivity index (χ3n) is 2.21. The number of esters is 1. The predicted octanol–water partition coefficient (Wildman–Crippen LogP) is 0.885. The van der Waals surface area contributed by atoms with Gasteiger partial charge < -0.3 is 10.5 Å². The molecule has 5 nitrogen and oxygen atoms in total. The highest BCUT2D eigenvalue weighted by atomic mass is 16.5. The number of aryl methyl sites for hydroxylation is 1. The van der Waals surface area contributed by atoms with Crippen LogP contribution in [0.2, 0.25) is 0 Å². The van der Waals surface area contributed by atoms with Crippen LogP contribution in [0.5, 0.6) is 0 Å². The molecule has 0 bridgehead atoms. The third-order valence-corrected chi connectivity index (χ3v) is 2.21. The SMILES string of the molecule is COC(=O)C(N)Cc1cccn[nH]cc(C)c1. The van der Waals surface area contributed by atoms with Crippen molar-refractivity contribution < 1.29 is 9.53 Å². The second-order valence-electron chi connectivity index (χ2n) is 3.71. The molecule has 92 valence electrons. The zero-order valence-corrected chi connectivity index (χ0v) is 10.0. The van der Waals surface area contributed by atoms with Gasteiger partial charge in [0.2, 0.25) is 0 Å². The van der Waals surface area contributed by atoms with Crippen LogP contribution >= 0.6 is 0 Å². The molecule has 0 spiro atoms. The van der Waals surface area contributed by atoms with Crippen LogP contribution in [-0.2, 0) is 16.0 Å². The molecule has 1 heterocycles. The summed E-state index contributed by atoms with van der Waals surface area (Å²) in [7, 11) is 1.33. The van der Waals surface area contributed by atoms with E-state index in [-0.39, 0.29) is 0 Å². The van der Waals surface area contributed by atoms with Crippen LogP contribution < -0.4 is 5.73 Å². The fourth-order valence-electron chi connectivity index (χ4n) is 1.39. The van der Waals surface area contributed by atoms with Crippen molar-refractivity contribution in [1.82, 2.24) is 10.2 Å². The molecule has 0 aliphatic carbocycles. The number of methoxy groups -OCH3 is 1. The molecule has 1 unspecified atom stereocenters. The summed E-state index contributed by atoms with van der Waals surface area (Å²) in [5, 5.41) is 6.69. The van der Waals surface area contributed by atoms with Gasteiger partial charge in [0, 0.05) is 12.4 Å². The van der Waals surface area contributed by atoms with E-state index in [1.807, 2.05) is 19.1 Å². The molecule has 1 aromatic heterocycles. The van der Waals surface area contributed by atoms with E-state index in [1.54, 1.807) is 18.5 Å². The van der Waals surface area contributed by atoms with Crippen molar-refractivity contribution >= 4 is 5.97 Å². The minimum absolute atomic E-state index is 0.410. The molecule has 5 heteroatoms. The van der Waals surface area contributed by atoms with Crippen LogP contribution in [0.3, 0.4) is 0 Å². The number of hydrogen-bond acceptors (Lipinski definition) is 4. The number of nitrogens with zero attached hydrogens (tertiary/aromatic N) is 1. The number of H-pyrrole nitrogens is 1. The van der Waals surface area contributed by atoms with Crippen molar-refractivity contribution in [3.05, 3.63) is 41.7 Å². The zero-order valence-electron chi connectivity index (χ0n) is 10.0. The highest BCUT2D eigenvalue weighted by Crippen LogP contribution is 2.03. The first-order chi connectivity index (χ1) is 8.13. The van der Waals surface area contributed by atoms with Gasteiger partial charge >= 0.3 is 5.97 Å². The minimum atomic E-state index is -0.644. The van der Waals surface area contributed by atoms with E-state index in [1.165, 1.54) is 7.11 Å². The molecular formula is C12H17N3O2. The van der Waals surface area contributed by atoms with Gasteiger partial charge in [0.25, 0.3) is 0 Å². The average molecular weight is 235 g/mol. The van der Waals surface area contributed by atoms with Gasteiger partial charge in [-0.05, 0) is 30.5 Å². The summed E-state index contributed by atoms with van der Waals surface area (Å²) in [6.07, 6.45) is 3.84. The second-order valence-corrected chi connectivity index (χ2v) is 3.71. The minimum Gasteiger partial charge on any atom is -0.468 e. The molecule has 17 heavy (non-hydrogen) atoms. The Morgan fingerprint density at radius 3 is 3.12 bits per heavy atom. The summed E-state index contributed by atoms with van der Waals surface area (Å²) in [5.41, 5.74) is 7.67. The molecule has 0 aliphatic heterocycles. The molecule has 0 radical (unpaired) electrons. The lowest BCUT2D eigenvalue weighted by atomic mass is 10.1. The molecule has 1 aromatic rings. The van der Waals surface area contributed by atoms with Crippen molar-refractivity contribution in [3.63, 3.8) is 0 Å². The Morgan fingerprint density at radius 2 is 2.41 bits per heavy atom. The summed E-state index contributed by atoms with van der Waals surface area (Å²) >= 11 is 0. The first-order valence-corrected chi connectivity index (χ1v) is 5.29. The van der Waals surface area contributed by atoms with E-state index in [0.717, 1.165) is 11.1 Å². The van der Waals surface area contributed by atoms with E-state index in [0.29, 0.717) is 6.42 Å². The lowest BCUT2D eigenvalue weighted by molar-refractivity contribution is -0.142. The van der Waals surface area contributed by atoms with Gasteiger partial charge in [-0.3, -0.25) is 9.89 Å². The van der Waals surface area contributed by atoms with Gasteiger partial charge in [-0.15, -0.1) is 0 Å². The summed E-state index contributed by atoms with van der Waals surface area (Å²) in [6.45, 7) is 1.94. The van der Waals surface area contributed by atoms with E-state index >= 15 is 0 Å². The van der Waals surface area contributed by atoms with Crippen LogP contribution in [-0.4, -0.2) is 29.3 Å². The summed E-state index contributed by atoms with van der Waals surface area (Å²) in [5.74, 6) is -0.410. The average Bonchev–Trinajstić information content (AvgIpc) is 2.40. The fraction of sp³-hybridized carbons (Fsp3) is 0.333. The molecule has 0 saturated carbocycles. The number of hydrogen-bond donors (Lipinski definition) is 2. The maximum absolute atomic E-state index is 11.2. The molecular weight excluding hydrogens is 218 g/mol. The highest BCUT2D eigenvalue weighted by molar-refractivity contribution is 5.75. The zero-order chi connectivity index (χ0) is 12.7. The third kappa shape index (κ3) is 4.65. The Morgan fingerprint density at radius 1 is 1.65 bits per heavy atom. The van der Waals surface area contributed by atoms with Crippen LogP contribution in [0, 0.1) is 6.92 Å². The Labute approximate surface area is 100 Å². The summed E-state index contributed by atoms with van der Waals surface area (Å²) < 4.78 is 4.59. The standard InChI is InChI=1S/C12H17N3O2/c1-9-6-10(4-3-5-14-15-8-9)7-11(13)12(16)17-2/h3-6,8,11,15H,7,13H2,1-2H3. The smallest absolute Gasteiger partial charge is 0.322 e. The van der Waals surface area contributed by atoms with Gasteiger partial charge in [0.15, 0.2) is 0 Å². The molecule has 1 rings (SSSR count). The van der Waals surface area contributed by atoms with Crippen LogP contribution in [0.4, 0.5) is 0 Å². The lowest BCUT2D eigenvalue weighted by Crippen LogP contribution is -2.33. The Balaban J connectivity index is 2.95. The van der Waals surface area contributed by atoms with Crippen LogP contribution in [0.25, 0.3) is 0 Å². The van der Waals surface area contributed by atoms with Crippen molar-refractivity contribution in [3.8, 4) is 0 Å². The number of aromatic amines is 1. The molecule has 0 fully saturated rings. The van der Waals surface area contributed by atoms with E-state index in [9.17, 15) is 4.79 Å². The molecule has 0 aromatic carbocycles. The number of nitrogens with two attached hydrogens (primary N) is 1. The topological polar surface area (TPSA) is 81.0 Å². The predicted molar refractivity (Wildman–Crippen MR) is 64.6 cm³/mol. The largest absolute Gasteiger partial charge is 0.468 e. The number of ether oxygens (including phenoxy) is 1. The Kier molecular flexibility index (Phi) is 5.16. The Bertz CT molecular complexity index is 428. The fourth-order valence-corrected chi connectivity index (χ4v) is 1.39. The Hall–Kier alpha value is -1.88. The van der Waals surface area contributed by atoms with Crippen LogP contribution in [0.15, 0.2) is 30.6 Å². The van der Waals surface area contributed by atoms with Crippen molar-refractivity contribution in [2.24, 2.45) is 5.73 Å². The van der Waals surface area contributed by atoms with Crippen molar-refractivity contribution in [1.29, 1.82) is 0 Å². The van der Waals surface area contributed by atoms with Gasteiger partial charge in [-0.1, -0.05) is 12.1 Å². The van der Waals surface area contributed by atoms with Gasteiger partial charge in [-0.2, -0.15) is 5.10 Å². The van der Waals surface area contributed by atoms with E-state index < -0.39 is 12.0 Å². The molecule has 0 saturated heterocycles. The highest BCUT2D eigenvalue weighted by Gasteiger charge is 2.13. The lowest BCUT2D eigenvalue weighted by Gasteiger charge is -2.08. The second kappa shape index (κ2) is 6.65. The maximum Gasteiger partial charge on any atom is 0.322 e. The molecule has 0 aliphatic rings. The summed E-state index contributed by atoms with van der Waals surface area (Å²) in [6, 6.07) is 4.96. The van der Waals surface area contributed by atoms with Gasteiger partial charge in [0.05, 0.1) is 7.11 Å². The van der Waals surface area contributed by atoms with Gasteiger partial charge in [-0.25, -0.2) is 0 Å². The maximum atomic E-state index is 11.2.